The number of unbranched alkanes of at least 4 members (excludes halogenated alkanes) is 10. The van der Waals surface area contributed by atoms with E-state index in [4.69, 9.17) is 25.9 Å². The number of hydrogen-bond donors (Lipinski definition) is 0. The smallest absolute Gasteiger partial charge is 0.437 e. The Morgan fingerprint density at radius 3 is 1.29 bits per heavy atom. The van der Waals surface area contributed by atoms with E-state index in [-0.39, 0.29) is 0 Å². The van der Waals surface area contributed by atoms with Gasteiger partial charge in [0.2, 0.25) is 0 Å². The van der Waals surface area contributed by atoms with Crippen molar-refractivity contribution in [3.05, 3.63) is 0 Å². The van der Waals surface area contributed by atoms with Crippen molar-refractivity contribution in [2.75, 3.05) is 26.1 Å². The van der Waals surface area contributed by atoms with Crippen LogP contribution in [0, 0.1) is 0 Å². The average Bonchev–Trinajstić information content (AvgIpc) is 2.86. The molecule has 0 saturated carbocycles. The van der Waals surface area contributed by atoms with Gasteiger partial charge >= 0.3 is 25.9 Å². The van der Waals surface area contributed by atoms with Crippen molar-refractivity contribution in [1.29, 1.82) is 0 Å². The molecule has 6 nitrogen and oxygen atoms in total. The molecule has 41 heavy (non-hydrogen) atoms. The lowest BCUT2D eigenvalue weighted by Crippen LogP contribution is -2.56. The lowest BCUT2D eigenvalue weighted by atomic mass is 10.1. The molecule has 0 aliphatic heterocycles. The maximum atomic E-state index is 7.18. The molecule has 248 valence electrons. The van der Waals surface area contributed by atoms with Crippen molar-refractivity contribution in [1.82, 2.24) is 0 Å². The molecule has 2 unspecified atom stereocenters. The SMILES string of the molecule is CCCCCCCC[Si](C)(OC[SiH](C)C)O[Si](C)(CCCCCCCC[Si](OCC)(OCC)OCC)O[Si](C)(C)C. The van der Waals surface area contributed by atoms with Crippen molar-refractivity contribution < 1.29 is 25.9 Å². The first kappa shape index (κ1) is 41.8. The van der Waals surface area contributed by atoms with E-state index in [0.29, 0.717) is 19.8 Å². The summed E-state index contributed by atoms with van der Waals surface area (Å²) in [7, 11) is -9.66. The molecular weight excluding hydrogens is 597 g/mol. The highest BCUT2D eigenvalue weighted by Gasteiger charge is 2.45. The van der Waals surface area contributed by atoms with Gasteiger partial charge in [-0.05, 0) is 72.0 Å². The summed E-state index contributed by atoms with van der Waals surface area (Å²) < 4.78 is 38.9. The summed E-state index contributed by atoms with van der Waals surface area (Å²) in [5.74, 6) is 0. The van der Waals surface area contributed by atoms with E-state index in [0.717, 1.165) is 30.8 Å². The summed E-state index contributed by atoms with van der Waals surface area (Å²) in [5, 5.41) is 0. The van der Waals surface area contributed by atoms with Gasteiger partial charge in [-0.25, -0.2) is 0 Å². The zero-order chi connectivity index (χ0) is 31.3. The van der Waals surface area contributed by atoms with Crippen LogP contribution in [0.3, 0.4) is 0 Å². The van der Waals surface area contributed by atoms with Gasteiger partial charge in [-0.1, -0.05) is 90.6 Å². The first-order valence-corrected chi connectivity index (χ1v) is 30.8. The second-order valence-electron chi connectivity index (χ2n) is 13.4. The minimum absolute atomic E-state index is 0.655. The van der Waals surface area contributed by atoms with Gasteiger partial charge in [0, 0.05) is 32.1 Å². The van der Waals surface area contributed by atoms with Crippen LogP contribution in [-0.2, 0) is 25.9 Å². The first-order valence-electron chi connectivity index (χ1n) is 17.2. The molecule has 0 saturated heterocycles. The molecule has 0 rings (SSSR count). The van der Waals surface area contributed by atoms with Gasteiger partial charge in [0.1, 0.15) is 0 Å². The van der Waals surface area contributed by atoms with Crippen molar-refractivity contribution in [2.45, 2.75) is 169 Å². The minimum Gasteiger partial charge on any atom is -0.437 e. The Morgan fingerprint density at radius 1 is 0.463 bits per heavy atom. The van der Waals surface area contributed by atoms with Crippen molar-refractivity contribution in [3.8, 4) is 0 Å². The van der Waals surface area contributed by atoms with Crippen LogP contribution < -0.4 is 0 Å². The standard InChI is InChI=1S/C30H72O6Si5/c1-12-16-17-18-21-24-27-39(10,34-30-37(5)6)36-40(11,35-38(7,8)9)28-25-22-19-20-23-26-29-41(31-13-2,32-14-3)33-15-4/h37H,12-30H2,1-11H3. The normalized spacial score (nSPS) is 15.8. The molecule has 0 aromatic heterocycles. The molecule has 0 heterocycles. The number of rotatable bonds is 29. The summed E-state index contributed by atoms with van der Waals surface area (Å²) in [6.07, 6.45) is 16.0. The van der Waals surface area contributed by atoms with E-state index in [9.17, 15) is 0 Å². The molecule has 0 aliphatic carbocycles. The van der Waals surface area contributed by atoms with E-state index < -0.39 is 43.0 Å². The third-order valence-electron chi connectivity index (χ3n) is 7.12. The van der Waals surface area contributed by atoms with Crippen LogP contribution in [0.5, 0.6) is 0 Å². The average molecular weight is 669 g/mol. The van der Waals surface area contributed by atoms with Gasteiger partial charge in [0.25, 0.3) is 0 Å². The summed E-state index contributed by atoms with van der Waals surface area (Å²) in [6, 6.07) is 3.11. The molecule has 0 aromatic carbocycles. The molecule has 0 amide bonds. The fourth-order valence-corrected chi connectivity index (χ4v) is 23.6. The Kier molecular flexibility index (Phi) is 23.7. The molecule has 11 heteroatoms. The predicted molar refractivity (Wildman–Crippen MR) is 190 cm³/mol. The third-order valence-corrected chi connectivity index (χ3v) is 22.4. The Balaban J connectivity index is 4.95. The predicted octanol–water partition coefficient (Wildman–Crippen LogP) is 9.79. The zero-order valence-corrected chi connectivity index (χ0v) is 34.6. The molecule has 0 aromatic rings. The van der Waals surface area contributed by atoms with Crippen molar-refractivity contribution in [2.24, 2.45) is 0 Å². The van der Waals surface area contributed by atoms with Crippen LogP contribution in [-0.4, -0.2) is 69.1 Å². The topological polar surface area (TPSA) is 55.4 Å². The van der Waals surface area contributed by atoms with Crippen LogP contribution in [0.2, 0.25) is 64.0 Å². The van der Waals surface area contributed by atoms with E-state index in [1.54, 1.807) is 0 Å². The molecule has 0 fully saturated rings. The zero-order valence-electron chi connectivity index (χ0n) is 29.5. The fraction of sp³-hybridized carbons (Fsp3) is 1.00. The van der Waals surface area contributed by atoms with Gasteiger partial charge in [0.15, 0.2) is 8.32 Å². The Hall–Kier alpha value is 0.844. The highest BCUT2D eigenvalue weighted by molar-refractivity contribution is 6.86. The Bertz CT molecular complexity index is 608. The summed E-state index contributed by atoms with van der Waals surface area (Å²) >= 11 is 0. The van der Waals surface area contributed by atoms with E-state index in [1.165, 1.54) is 70.6 Å². The van der Waals surface area contributed by atoms with Gasteiger partial charge in [-0.3, -0.25) is 0 Å². The molecule has 0 aliphatic rings. The quantitative estimate of drug-likeness (QED) is 0.0584. The summed E-state index contributed by atoms with van der Waals surface area (Å²) in [5.41, 5.74) is 0. The molecule has 2 atom stereocenters. The molecule has 0 radical (unpaired) electrons. The van der Waals surface area contributed by atoms with Crippen LogP contribution in [0.1, 0.15) is 105 Å². The van der Waals surface area contributed by atoms with Crippen molar-refractivity contribution in [3.63, 3.8) is 0 Å². The minimum atomic E-state index is -2.50. The molecular formula is C30H72O6Si5. The lowest BCUT2D eigenvalue weighted by molar-refractivity contribution is 0.0706. The first-order chi connectivity index (χ1) is 19.3. The van der Waals surface area contributed by atoms with Gasteiger partial charge in [-0.15, -0.1) is 0 Å². The van der Waals surface area contributed by atoms with Crippen LogP contribution in [0.15, 0.2) is 0 Å². The third kappa shape index (κ3) is 22.1. The number of hydrogen-bond acceptors (Lipinski definition) is 6. The molecule has 0 N–H and O–H groups in total. The Labute approximate surface area is 262 Å². The summed E-state index contributed by atoms with van der Waals surface area (Å²) in [4.78, 5) is 0. The lowest BCUT2D eigenvalue weighted by Gasteiger charge is -2.41. The van der Waals surface area contributed by atoms with Crippen molar-refractivity contribution >= 4 is 43.0 Å². The van der Waals surface area contributed by atoms with Gasteiger partial charge in [-0.2, -0.15) is 0 Å². The van der Waals surface area contributed by atoms with E-state index in [1.807, 2.05) is 20.8 Å². The van der Waals surface area contributed by atoms with Crippen LogP contribution in [0.25, 0.3) is 0 Å². The van der Waals surface area contributed by atoms with Gasteiger partial charge in [0.05, 0.1) is 8.80 Å². The molecule has 0 bridgehead atoms. The monoisotopic (exact) mass is 668 g/mol. The maximum absolute atomic E-state index is 7.18. The second kappa shape index (κ2) is 23.2. The molecule has 0 spiro atoms. The van der Waals surface area contributed by atoms with Gasteiger partial charge < -0.3 is 25.9 Å². The maximum Gasteiger partial charge on any atom is 0.500 e. The highest BCUT2D eigenvalue weighted by Crippen LogP contribution is 2.30. The second-order valence-corrected chi connectivity index (χ2v) is 30.9. The fourth-order valence-electron chi connectivity index (χ4n) is 5.45. The van der Waals surface area contributed by atoms with E-state index >= 15 is 0 Å². The Morgan fingerprint density at radius 2 is 0.878 bits per heavy atom. The highest BCUT2D eigenvalue weighted by atomic mass is 28.5. The van der Waals surface area contributed by atoms with Crippen LogP contribution in [0.4, 0.5) is 0 Å². The van der Waals surface area contributed by atoms with E-state index in [2.05, 4.69) is 52.8 Å². The largest absolute Gasteiger partial charge is 0.500 e. The van der Waals surface area contributed by atoms with Crippen LogP contribution >= 0.6 is 0 Å². The summed E-state index contributed by atoms with van der Waals surface area (Å²) in [6.45, 7) is 26.7.